The first-order valence-electron chi connectivity index (χ1n) is 6.19. The van der Waals surface area contributed by atoms with Crippen LogP contribution in [0.3, 0.4) is 0 Å². The summed E-state index contributed by atoms with van der Waals surface area (Å²) in [5, 5.41) is 9.03. The Kier molecular flexibility index (Phi) is 3.61. The van der Waals surface area contributed by atoms with Crippen molar-refractivity contribution in [2.24, 2.45) is 0 Å². The van der Waals surface area contributed by atoms with E-state index in [2.05, 4.69) is 15.4 Å². The standard InChI is InChI=1S/C12H15ClN4S/c13-9-4-5-11-15-12(16-17(11)8-9)14-7-10-3-1-2-6-18-10/h4-5,8,10H,1-3,6-7H2,(H,14,16). The van der Waals surface area contributed by atoms with Gasteiger partial charge in [-0.1, -0.05) is 18.0 Å². The first-order chi connectivity index (χ1) is 8.81. The van der Waals surface area contributed by atoms with E-state index in [1.54, 1.807) is 10.7 Å². The molecular formula is C12H15ClN4S. The lowest BCUT2D eigenvalue weighted by molar-refractivity contribution is 0.676. The van der Waals surface area contributed by atoms with Gasteiger partial charge in [-0.25, -0.2) is 4.52 Å². The summed E-state index contributed by atoms with van der Waals surface area (Å²) >= 11 is 7.96. The quantitative estimate of drug-likeness (QED) is 0.939. The molecule has 1 atom stereocenters. The minimum absolute atomic E-state index is 0.668. The Bertz CT molecular complexity index is 536. The zero-order valence-corrected chi connectivity index (χ0v) is 11.5. The van der Waals surface area contributed by atoms with Gasteiger partial charge in [0.25, 0.3) is 0 Å². The number of thioether (sulfide) groups is 1. The van der Waals surface area contributed by atoms with Gasteiger partial charge in [-0.2, -0.15) is 16.7 Å². The fourth-order valence-corrected chi connectivity index (χ4v) is 3.50. The first kappa shape index (κ1) is 12.1. The van der Waals surface area contributed by atoms with E-state index in [0.717, 1.165) is 12.2 Å². The van der Waals surface area contributed by atoms with Crippen LogP contribution < -0.4 is 5.32 Å². The second-order valence-electron chi connectivity index (χ2n) is 4.45. The summed E-state index contributed by atoms with van der Waals surface area (Å²) in [4.78, 5) is 4.41. The van der Waals surface area contributed by atoms with Gasteiger partial charge in [0.2, 0.25) is 5.95 Å². The molecule has 0 aliphatic carbocycles. The summed E-state index contributed by atoms with van der Waals surface area (Å²) in [5.74, 6) is 1.96. The van der Waals surface area contributed by atoms with Crippen LogP contribution in [-0.2, 0) is 0 Å². The van der Waals surface area contributed by atoms with Gasteiger partial charge in [-0.05, 0) is 30.7 Å². The van der Waals surface area contributed by atoms with E-state index in [1.165, 1.54) is 25.0 Å². The Morgan fingerprint density at radius 3 is 3.22 bits per heavy atom. The lowest BCUT2D eigenvalue weighted by Crippen LogP contribution is -2.20. The third-order valence-corrected chi connectivity index (χ3v) is 4.68. The fraction of sp³-hybridized carbons (Fsp3) is 0.500. The van der Waals surface area contributed by atoms with Crippen molar-refractivity contribution in [3.8, 4) is 0 Å². The third kappa shape index (κ3) is 2.72. The lowest BCUT2D eigenvalue weighted by Gasteiger charge is -2.20. The minimum Gasteiger partial charge on any atom is -0.352 e. The summed E-state index contributed by atoms with van der Waals surface area (Å²) in [6.07, 6.45) is 5.75. The molecule has 0 amide bonds. The Morgan fingerprint density at radius 1 is 1.44 bits per heavy atom. The molecule has 1 fully saturated rings. The maximum Gasteiger partial charge on any atom is 0.243 e. The Balaban J connectivity index is 1.67. The lowest BCUT2D eigenvalue weighted by atomic mass is 10.2. The van der Waals surface area contributed by atoms with Gasteiger partial charge >= 0.3 is 0 Å². The van der Waals surface area contributed by atoms with Crippen LogP contribution in [0.2, 0.25) is 5.02 Å². The van der Waals surface area contributed by atoms with Crippen molar-refractivity contribution < 1.29 is 0 Å². The Labute approximate surface area is 115 Å². The molecule has 18 heavy (non-hydrogen) atoms. The number of hydrogen-bond donors (Lipinski definition) is 1. The average Bonchev–Trinajstić information content (AvgIpc) is 2.79. The highest BCUT2D eigenvalue weighted by atomic mass is 35.5. The summed E-state index contributed by atoms with van der Waals surface area (Å²) in [6.45, 7) is 0.940. The van der Waals surface area contributed by atoms with Crippen LogP contribution in [0.4, 0.5) is 5.95 Å². The molecule has 0 aromatic carbocycles. The number of nitrogens with one attached hydrogen (secondary N) is 1. The normalized spacial score (nSPS) is 20.2. The molecular weight excluding hydrogens is 268 g/mol. The molecule has 1 saturated heterocycles. The van der Waals surface area contributed by atoms with Crippen LogP contribution in [0.5, 0.6) is 0 Å². The van der Waals surface area contributed by atoms with E-state index in [0.29, 0.717) is 16.2 Å². The van der Waals surface area contributed by atoms with E-state index < -0.39 is 0 Å². The number of anilines is 1. The Morgan fingerprint density at radius 2 is 2.39 bits per heavy atom. The van der Waals surface area contributed by atoms with Crippen LogP contribution >= 0.6 is 23.4 Å². The van der Waals surface area contributed by atoms with Crippen molar-refractivity contribution in [3.05, 3.63) is 23.4 Å². The molecule has 0 bridgehead atoms. The van der Waals surface area contributed by atoms with Crippen LogP contribution in [0.25, 0.3) is 5.65 Å². The van der Waals surface area contributed by atoms with E-state index in [1.807, 2.05) is 23.9 Å². The average molecular weight is 283 g/mol. The van der Waals surface area contributed by atoms with Crippen molar-refractivity contribution in [1.82, 2.24) is 14.6 Å². The van der Waals surface area contributed by atoms with Gasteiger partial charge in [0, 0.05) is 18.0 Å². The van der Waals surface area contributed by atoms with Crippen LogP contribution in [0.1, 0.15) is 19.3 Å². The number of halogens is 1. The van der Waals surface area contributed by atoms with E-state index in [4.69, 9.17) is 11.6 Å². The molecule has 1 aliphatic heterocycles. The van der Waals surface area contributed by atoms with Crippen molar-refractivity contribution in [2.45, 2.75) is 24.5 Å². The summed E-state index contributed by atoms with van der Waals surface area (Å²) in [7, 11) is 0. The van der Waals surface area contributed by atoms with Gasteiger partial charge in [-0.15, -0.1) is 5.10 Å². The number of fused-ring (bicyclic) bond motifs is 1. The summed E-state index contributed by atoms with van der Waals surface area (Å²) < 4.78 is 1.71. The maximum absolute atomic E-state index is 5.91. The van der Waals surface area contributed by atoms with Gasteiger partial charge in [-0.3, -0.25) is 0 Å². The number of rotatable bonds is 3. The van der Waals surface area contributed by atoms with Crippen molar-refractivity contribution in [3.63, 3.8) is 0 Å². The molecule has 0 saturated carbocycles. The van der Waals surface area contributed by atoms with Crippen molar-refractivity contribution in [2.75, 3.05) is 17.6 Å². The van der Waals surface area contributed by atoms with Crippen LogP contribution in [0, 0.1) is 0 Å². The molecule has 3 heterocycles. The zero-order chi connectivity index (χ0) is 12.4. The van der Waals surface area contributed by atoms with E-state index in [9.17, 15) is 0 Å². The maximum atomic E-state index is 5.91. The number of pyridine rings is 1. The highest BCUT2D eigenvalue weighted by molar-refractivity contribution is 7.99. The van der Waals surface area contributed by atoms with Gasteiger partial charge in [0.05, 0.1) is 5.02 Å². The second-order valence-corrected chi connectivity index (χ2v) is 6.30. The van der Waals surface area contributed by atoms with Gasteiger partial charge in [0.1, 0.15) is 0 Å². The van der Waals surface area contributed by atoms with Crippen LogP contribution in [0.15, 0.2) is 18.3 Å². The molecule has 2 aromatic rings. The largest absolute Gasteiger partial charge is 0.352 e. The molecule has 3 rings (SSSR count). The van der Waals surface area contributed by atoms with E-state index >= 15 is 0 Å². The number of hydrogen-bond acceptors (Lipinski definition) is 4. The molecule has 1 aliphatic rings. The third-order valence-electron chi connectivity index (χ3n) is 3.06. The molecule has 2 aromatic heterocycles. The van der Waals surface area contributed by atoms with Crippen molar-refractivity contribution in [1.29, 1.82) is 0 Å². The molecule has 6 heteroatoms. The van der Waals surface area contributed by atoms with Crippen LogP contribution in [-0.4, -0.2) is 32.1 Å². The van der Waals surface area contributed by atoms with Gasteiger partial charge < -0.3 is 5.32 Å². The number of aromatic nitrogens is 3. The monoisotopic (exact) mass is 282 g/mol. The van der Waals surface area contributed by atoms with Crippen molar-refractivity contribution >= 4 is 35.0 Å². The Hall–Kier alpha value is -0.940. The second kappa shape index (κ2) is 5.36. The number of nitrogens with zero attached hydrogens (tertiary/aromatic N) is 3. The van der Waals surface area contributed by atoms with Gasteiger partial charge in [0.15, 0.2) is 5.65 Å². The molecule has 1 unspecified atom stereocenters. The minimum atomic E-state index is 0.668. The summed E-state index contributed by atoms with van der Waals surface area (Å²) in [5.41, 5.74) is 0.818. The molecule has 1 N–H and O–H groups in total. The van der Waals surface area contributed by atoms with E-state index in [-0.39, 0.29) is 0 Å². The highest BCUT2D eigenvalue weighted by Gasteiger charge is 2.14. The first-order valence-corrected chi connectivity index (χ1v) is 7.61. The molecule has 0 spiro atoms. The topological polar surface area (TPSA) is 42.2 Å². The fourth-order valence-electron chi connectivity index (χ4n) is 2.11. The molecule has 96 valence electrons. The smallest absolute Gasteiger partial charge is 0.243 e. The molecule has 4 nitrogen and oxygen atoms in total. The SMILES string of the molecule is Clc1ccc2nc(NCC3CCCCS3)nn2c1. The predicted molar refractivity (Wildman–Crippen MR) is 76.6 cm³/mol. The molecule has 0 radical (unpaired) electrons. The predicted octanol–water partition coefficient (Wildman–Crippen LogP) is 3.08. The zero-order valence-electron chi connectivity index (χ0n) is 9.97. The summed E-state index contributed by atoms with van der Waals surface area (Å²) in [6, 6.07) is 3.70. The highest BCUT2D eigenvalue weighted by Crippen LogP contribution is 2.25.